The predicted molar refractivity (Wildman–Crippen MR) is 418 cm³/mol. The van der Waals surface area contributed by atoms with E-state index < -0.39 is 0 Å². The van der Waals surface area contributed by atoms with Gasteiger partial charge in [0.25, 0.3) is 0 Å². The first-order valence-corrected chi connectivity index (χ1v) is 33.8. The second kappa shape index (κ2) is 49.8. The van der Waals surface area contributed by atoms with Crippen molar-refractivity contribution in [3.8, 4) is 0 Å². The molecular formula is C90H122. The van der Waals surface area contributed by atoms with Crippen molar-refractivity contribution in [1.29, 1.82) is 0 Å². The van der Waals surface area contributed by atoms with Crippen molar-refractivity contribution >= 4 is 53.9 Å². The van der Waals surface area contributed by atoms with Gasteiger partial charge in [-0.1, -0.05) is 360 Å². The highest BCUT2D eigenvalue weighted by molar-refractivity contribution is 5.98. The molecule has 0 fully saturated rings. The Morgan fingerprint density at radius 1 is 0.133 bits per heavy atom. The van der Waals surface area contributed by atoms with Crippen LogP contribution in [0, 0.1) is 96.9 Å². The van der Waals surface area contributed by atoms with Crippen molar-refractivity contribution in [3.63, 3.8) is 0 Å². The summed E-state index contributed by atoms with van der Waals surface area (Å²) < 4.78 is 0. The van der Waals surface area contributed by atoms with E-state index in [1.807, 2.05) is 96.9 Å². The van der Waals surface area contributed by atoms with Gasteiger partial charge in [-0.25, -0.2) is 0 Å². The van der Waals surface area contributed by atoms with Crippen LogP contribution in [-0.2, 0) is 0 Å². The molecule has 0 heterocycles. The Bertz CT molecular complexity index is 3510. The van der Waals surface area contributed by atoms with E-state index in [0.717, 1.165) is 0 Å². The van der Waals surface area contributed by atoms with Gasteiger partial charge in [-0.05, 0) is 196 Å². The quantitative estimate of drug-likeness (QED) is 0.133. The van der Waals surface area contributed by atoms with E-state index in [-0.39, 0.29) is 0 Å². The average molecular weight is 1200 g/mol. The van der Waals surface area contributed by atoms with Gasteiger partial charge in [0.05, 0.1) is 0 Å². The van der Waals surface area contributed by atoms with Crippen molar-refractivity contribution in [2.75, 3.05) is 0 Å². The molecule has 12 rings (SSSR count). The summed E-state index contributed by atoms with van der Waals surface area (Å²) in [5.74, 6) is 0. The average Bonchev–Trinajstić information content (AvgIpc) is 1.01. The summed E-state index contributed by atoms with van der Waals surface area (Å²) in [7, 11) is 0. The van der Waals surface area contributed by atoms with Gasteiger partial charge in [0.2, 0.25) is 0 Å². The van der Waals surface area contributed by atoms with E-state index in [2.05, 4.69) is 327 Å². The molecule has 0 radical (unpaired) electrons. The largest absolute Gasteiger partial charge is 0.0683 e. The summed E-state index contributed by atoms with van der Waals surface area (Å²) in [6.45, 7) is 57.8. The van der Waals surface area contributed by atoms with E-state index in [4.69, 9.17) is 0 Å². The lowest BCUT2D eigenvalue weighted by Gasteiger charge is -2.04. The Morgan fingerprint density at radius 2 is 0.333 bits per heavy atom. The van der Waals surface area contributed by atoms with Gasteiger partial charge in [0.15, 0.2) is 0 Å². The number of rotatable bonds is 0. The molecule has 90 heavy (non-hydrogen) atoms. The number of benzene rings is 12. The molecule has 0 saturated heterocycles. The molecule has 0 nitrogen and oxygen atoms in total. The summed E-state index contributed by atoms with van der Waals surface area (Å²) in [4.78, 5) is 0. The van der Waals surface area contributed by atoms with Gasteiger partial charge in [-0.3, -0.25) is 0 Å². The van der Waals surface area contributed by atoms with Gasteiger partial charge >= 0.3 is 0 Å². The molecular weight excluding hydrogens is 1080 g/mol. The lowest BCUT2D eigenvalue weighted by atomic mass is 10.0. The molecule has 0 aliphatic heterocycles. The van der Waals surface area contributed by atoms with Gasteiger partial charge in [0, 0.05) is 0 Å². The highest BCUT2D eigenvalue weighted by Crippen LogP contribution is 2.26. The van der Waals surface area contributed by atoms with Crippen molar-refractivity contribution < 1.29 is 0 Å². The van der Waals surface area contributed by atoms with Crippen molar-refractivity contribution in [3.05, 3.63) is 308 Å². The SMILES string of the molecule is CC.CC.CC.CC.CC.CC.CC.Cc1ccc(C)c2ccccc12.Cc1ccc(C)cc1.Cc1ccc2cc(C)ccc2c1.Cc1ccc2cc3cc(C)ccc3cc2c1.Cc1cccc(C)c1.Cc1cccc2c(C)cccc12.Cc1ccccc1C. The van der Waals surface area contributed by atoms with Gasteiger partial charge < -0.3 is 0 Å². The highest BCUT2D eigenvalue weighted by atomic mass is 14.1. The highest BCUT2D eigenvalue weighted by Gasteiger charge is 2.01. The molecule has 0 unspecified atom stereocenters. The normalized spacial score (nSPS) is 9.11. The summed E-state index contributed by atoms with van der Waals surface area (Å²) in [5.41, 5.74) is 18.8. The first kappa shape index (κ1) is 84.0. The molecule has 0 bridgehead atoms. The molecule has 0 aliphatic carbocycles. The molecule has 0 aliphatic rings. The Labute approximate surface area is 552 Å². The van der Waals surface area contributed by atoms with E-state index in [0.29, 0.717) is 0 Å². The minimum absolute atomic E-state index is 1.32. The lowest BCUT2D eigenvalue weighted by molar-refractivity contribution is 1.34. The summed E-state index contributed by atoms with van der Waals surface area (Å²) in [6, 6.07) is 82.0. The van der Waals surface area contributed by atoms with Crippen LogP contribution in [0.15, 0.2) is 231 Å². The maximum Gasteiger partial charge on any atom is -0.0152 e. The third-order valence-corrected chi connectivity index (χ3v) is 13.8. The second-order valence-electron chi connectivity index (χ2n) is 20.8. The first-order valence-electron chi connectivity index (χ1n) is 33.8. The van der Waals surface area contributed by atoms with E-state index in [9.17, 15) is 0 Å². The zero-order valence-corrected chi connectivity index (χ0v) is 61.9. The van der Waals surface area contributed by atoms with Crippen molar-refractivity contribution in [1.82, 2.24) is 0 Å². The Morgan fingerprint density at radius 3 is 0.600 bits per heavy atom. The van der Waals surface area contributed by atoms with Crippen molar-refractivity contribution in [2.24, 2.45) is 0 Å². The Hall–Kier alpha value is -8.06. The topological polar surface area (TPSA) is 0 Å². The monoisotopic (exact) mass is 1200 g/mol. The third kappa shape index (κ3) is 30.9. The van der Waals surface area contributed by atoms with Crippen LogP contribution in [0.5, 0.6) is 0 Å². The van der Waals surface area contributed by atoms with Gasteiger partial charge in [0.1, 0.15) is 0 Å². The first-order chi connectivity index (χ1) is 43.4. The van der Waals surface area contributed by atoms with E-state index in [1.54, 1.807) is 0 Å². The minimum atomic E-state index is 1.32. The fraction of sp³-hybridized carbons (Fsp3) is 0.311. The molecule has 0 aromatic heterocycles. The zero-order valence-electron chi connectivity index (χ0n) is 61.9. The van der Waals surface area contributed by atoms with Crippen LogP contribution in [-0.4, -0.2) is 0 Å². The van der Waals surface area contributed by atoms with Gasteiger partial charge in [-0.2, -0.15) is 0 Å². The maximum absolute atomic E-state index is 2.27. The predicted octanol–water partition coefficient (Wildman–Crippen LogP) is 29.1. The molecule has 0 N–H and O–H groups in total. The van der Waals surface area contributed by atoms with Crippen LogP contribution in [0.4, 0.5) is 0 Å². The number of fused-ring (bicyclic) bond motifs is 5. The molecule has 12 aromatic carbocycles. The Kier molecular flexibility index (Phi) is 46.5. The standard InChI is InChI=1S/C16H14.3C12H12.3C8H10.7C2H6/c1-11-3-5-13-10-16-8-12(2)4-6-14(16)9-15(13)7-11;1-9-3-5-12-8-10(2)4-6-11(12)7-9;1-9-5-3-8-12-10(2)6-4-7-11(9)12;1-9-7-8-10(2)12-6-4-3-5-11(9)12;1-7-3-5-8(2)6-4-7;1-7-4-3-5-8(2)6-7;1-7-5-3-4-6-8(7)2;7*1-2/h3-10H,1-2H3;3*3-8H,1-2H3;3*3-6H,1-2H3;7*1-2H3. The maximum atomic E-state index is 2.27. The summed E-state index contributed by atoms with van der Waals surface area (Å²) in [5, 5.41) is 13.5. The minimum Gasteiger partial charge on any atom is -0.0683 e. The fourth-order valence-corrected chi connectivity index (χ4v) is 9.05. The van der Waals surface area contributed by atoms with Crippen molar-refractivity contribution in [2.45, 2.75) is 194 Å². The zero-order chi connectivity index (χ0) is 68.7. The molecule has 0 amide bonds. The van der Waals surface area contributed by atoms with Crippen LogP contribution in [0.25, 0.3) is 53.9 Å². The molecule has 482 valence electrons. The second-order valence-corrected chi connectivity index (χ2v) is 20.8. The lowest BCUT2D eigenvalue weighted by Crippen LogP contribution is -1.80. The van der Waals surface area contributed by atoms with Crippen LogP contribution in [0.1, 0.15) is 175 Å². The smallest absolute Gasteiger partial charge is 0.0152 e. The van der Waals surface area contributed by atoms with E-state index in [1.165, 1.54) is 132 Å². The molecule has 12 aromatic rings. The molecule has 0 spiro atoms. The van der Waals surface area contributed by atoms with Crippen LogP contribution >= 0.6 is 0 Å². The molecule has 0 atom stereocenters. The van der Waals surface area contributed by atoms with Crippen LogP contribution in [0.2, 0.25) is 0 Å². The summed E-state index contributed by atoms with van der Waals surface area (Å²) >= 11 is 0. The number of hydrogen-bond acceptors (Lipinski definition) is 0. The fourth-order valence-electron chi connectivity index (χ4n) is 9.05. The van der Waals surface area contributed by atoms with Crippen LogP contribution < -0.4 is 0 Å². The van der Waals surface area contributed by atoms with E-state index >= 15 is 0 Å². The summed E-state index contributed by atoms with van der Waals surface area (Å²) in [6.07, 6.45) is 0. The number of aryl methyl sites for hydroxylation is 14. The van der Waals surface area contributed by atoms with Crippen LogP contribution in [0.3, 0.4) is 0 Å². The van der Waals surface area contributed by atoms with Gasteiger partial charge in [-0.15, -0.1) is 0 Å². The molecule has 0 saturated carbocycles. The molecule has 0 heteroatoms. The third-order valence-electron chi connectivity index (χ3n) is 13.8. The Balaban J connectivity index is 0. The number of hydrogen-bond donors (Lipinski definition) is 0.